The number of carboxylic acids is 1. The number of nitrogens with zero attached hydrogens (tertiary/aromatic N) is 2. The maximum absolute atomic E-state index is 13.6. The lowest BCUT2D eigenvalue weighted by Gasteiger charge is -2.01. The van der Waals surface area contributed by atoms with Gasteiger partial charge in [-0.1, -0.05) is 11.8 Å². The first-order valence-corrected chi connectivity index (χ1v) is 6.10. The third kappa shape index (κ3) is 3.08. The smallest absolute Gasteiger partial charge is 0.314 e. The predicted molar refractivity (Wildman–Crippen MR) is 62.7 cm³/mol. The Morgan fingerprint density at radius 2 is 2.11 bits per heavy atom. The van der Waals surface area contributed by atoms with Crippen molar-refractivity contribution in [1.29, 1.82) is 0 Å². The number of hydrogen-bond acceptors (Lipinski definition) is 5. The topological polar surface area (TPSA) is 76.2 Å². The molecule has 0 aliphatic carbocycles. The number of thioether (sulfide) groups is 1. The molecule has 1 heterocycles. The summed E-state index contributed by atoms with van der Waals surface area (Å²) >= 11 is 0.821. The zero-order valence-corrected chi connectivity index (χ0v) is 10.5. The van der Waals surface area contributed by atoms with E-state index in [2.05, 4.69) is 10.2 Å². The van der Waals surface area contributed by atoms with Crippen LogP contribution in [-0.4, -0.2) is 27.0 Å². The van der Waals surface area contributed by atoms with Gasteiger partial charge in [-0.3, -0.25) is 4.79 Å². The van der Waals surface area contributed by atoms with E-state index >= 15 is 0 Å². The molecule has 2 aromatic rings. The van der Waals surface area contributed by atoms with Crippen molar-refractivity contribution in [3.63, 3.8) is 0 Å². The molecule has 1 aromatic heterocycles. The number of aryl methyl sites for hydroxylation is 1. The van der Waals surface area contributed by atoms with Gasteiger partial charge in [-0.2, -0.15) is 0 Å². The third-order valence-corrected chi connectivity index (χ3v) is 3.01. The molecule has 0 saturated carbocycles. The maximum Gasteiger partial charge on any atom is 0.314 e. The van der Waals surface area contributed by atoms with Crippen LogP contribution in [0.2, 0.25) is 0 Å². The minimum atomic E-state index is -1.03. The van der Waals surface area contributed by atoms with Gasteiger partial charge in [-0.15, -0.1) is 10.2 Å². The monoisotopic (exact) mass is 286 g/mol. The molecule has 0 fully saturated rings. The van der Waals surface area contributed by atoms with Crippen LogP contribution in [0.25, 0.3) is 11.5 Å². The first kappa shape index (κ1) is 13.5. The van der Waals surface area contributed by atoms with Gasteiger partial charge in [-0.05, 0) is 18.6 Å². The average molecular weight is 286 g/mol. The number of benzene rings is 1. The number of hydrogen-bond donors (Lipinski definition) is 1. The summed E-state index contributed by atoms with van der Waals surface area (Å²) < 4.78 is 31.8. The Morgan fingerprint density at radius 1 is 1.37 bits per heavy atom. The summed E-state index contributed by atoms with van der Waals surface area (Å²) in [6.45, 7) is 1.48. The van der Waals surface area contributed by atoms with Gasteiger partial charge in [0.2, 0.25) is 0 Å². The fourth-order valence-electron chi connectivity index (χ4n) is 1.32. The zero-order chi connectivity index (χ0) is 14.0. The van der Waals surface area contributed by atoms with Crippen molar-refractivity contribution in [2.45, 2.75) is 12.1 Å². The molecule has 1 N–H and O–H groups in total. The van der Waals surface area contributed by atoms with Crippen molar-refractivity contribution >= 4 is 17.7 Å². The van der Waals surface area contributed by atoms with E-state index in [0.717, 1.165) is 17.8 Å². The molecule has 2 rings (SSSR count). The molecule has 0 saturated heterocycles. The fraction of sp³-hybridized carbons (Fsp3) is 0.182. The van der Waals surface area contributed by atoms with Gasteiger partial charge in [0.05, 0.1) is 5.56 Å². The van der Waals surface area contributed by atoms with Crippen LogP contribution in [-0.2, 0) is 4.79 Å². The molecule has 8 heteroatoms. The number of rotatable bonds is 4. The van der Waals surface area contributed by atoms with Crippen LogP contribution in [0.5, 0.6) is 0 Å². The molecule has 0 radical (unpaired) electrons. The van der Waals surface area contributed by atoms with Crippen LogP contribution in [0.4, 0.5) is 8.78 Å². The van der Waals surface area contributed by atoms with Crippen molar-refractivity contribution in [2.24, 2.45) is 0 Å². The second kappa shape index (κ2) is 5.35. The van der Waals surface area contributed by atoms with E-state index in [1.165, 1.54) is 13.0 Å². The van der Waals surface area contributed by atoms with Crippen molar-refractivity contribution in [3.05, 3.63) is 29.3 Å². The molecule has 100 valence electrons. The van der Waals surface area contributed by atoms with E-state index in [4.69, 9.17) is 9.52 Å². The molecule has 0 aliphatic rings. The van der Waals surface area contributed by atoms with Gasteiger partial charge >= 0.3 is 5.97 Å². The lowest BCUT2D eigenvalue weighted by molar-refractivity contribution is -0.133. The SMILES string of the molecule is Cc1cc(-c2nnc(SCC(=O)O)o2)c(F)cc1F. The van der Waals surface area contributed by atoms with Gasteiger partial charge in [0.1, 0.15) is 17.4 Å². The van der Waals surface area contributed by atoms with Crippen LogP contribution in [0, 0.1) is 18.6 Å². The third-order valence-electron chi connectivity index (χ3n) is 2.20. The minimum Gasteiger partial charge on any atom is -0.481 e. The summed E-state index contributed by atoms with van der Waals surface area (Å²) in [7, 11) is 0. The second-order valence-corrected chi connectivity index (χ2v) is 4.56. The Balaban J connectivity index is 2.27. The van der Waals surface area contributed by atoms with E-state index in [-0.39, 0.29) is 28.0 Å². The largest absolute Gasteiger partial charge is 0.481 e. The second-order valence-electron chi connectivity index (χ2n) is 3.64. The summed E-state index contributed by atoms with van der Waals surface area (Å²) in [5.74, 6) is -2.88. The first-order chi connectivity index (χ1) is 8.97. The Bertz CT molecular complexity index is 630. The average Bonchev–Trinajstić information content (AvgIpc) is 2.80. The molecule has 19 heavy (non-hydrogen) atoms. The molecule has 0 amide bonds. The van der Waals surface area contributed by atoms with E-state index in [1.807, 2.05) is 0 Å². The normalized spacial score (nSPS) is 10.7. The van der Waals surface area contributed by atoms with Gasteiger partial charge in [0.25, 0.3) is 11.1 Å². The van der Waals surface area contributed by atoms with E-state index < -0.39 is 17.6 Å². The lowest BCUT2D eigenvalue weighted by atomic mass is 10.1. The maximum atomic E-state index is 13.6. The minimum absolute atomic E-state index is 0.0128. The summed E-state index contributed by atoms with van der Waals surface area (Å²) in [6.07, 6.45) is 0. The summed E-state index contributed by atoms with van der Waals surface area (Å²) in [5.41, 5.74) is 0.225. The highest BCUT2D eigenvalue weighted by Crippen LogP contribution is 2.27. The van der Waals surface area contributed by atoms with Crippen molar-refractivity contribution in [1.82, 2.24) is 10.2 Å². The Hall–Kier alpha value is -1.96. The highest BCUT2D eigenvalue weighted by atomic mass is 32.2. The zero-order valence-electron chi connectivity index (χ0n) is 9.68. The Morgan fingerprint density at radius 3 is 2.79 bits per heavy atom. The molecular formula is C11H8F2N2O3S. The molecule has 5 nitrogen and oxygen atoms in total. The van der Waals surface area contributed by atoms with Crippen molar-refractivity contribution in [2.75, 3.05) is 5.75 Å². The molecule has 0 unspecified atom stereocenters. The van der Waals surface area contributed by atoms with E-state index in [0.29, 0.717) is 0 Å². The van der Waals surface area contributed by atoms with E-state index in [9.17, 15) is 13.6 Å². The number of aliphatic carboxylic acids is 1. The highest BCUT2D eigenvalue weighted by molar-refractivity contribution is 7.99. The standard InChI is InChI=1S/C11H8F2N2O3S/c1-5-2-6(8(13)3-7(5)12)10-14-15-11(18-10)19-4-9(16)17/h2-3H,4H2,1H3,(H,16,17). The summed E-state index contributed by atoms with van der Waals surface area (Å²) in [6, 6.07) is 1.99. The van der Waals surface area contributed by atoms with Gasteiger partial charge < -0.3 is 9.52 Å². The summed E-state index contributed by atoms with van der Waals surface area (Å²) in [5, 5.41) is 15.7. The van der Waals surface area contributed by atoms with Gasteiger partial charge in [-0.25, -0.2) is 8.78 Å². The predicted octanol–water partition coefficient (Wildman–Crippen LogP) is 2.50. The van der Waals surface area contributed by atoms with Crippen LogP contribution < -0.4 is 0 Å². The van der Waals surface area contributed by atoms with Crippen LogP contribution in [0.3, 0.4) is 0 Å². The number of carboxylic acid groups (broad SMARTS) is 1. The molecule has 0 bridgehead atoms. The first-order valence-electron chi connectivity index (χ1n) is 5.11. The molecule has 0 atom stereocenters. The van der Waals surface area contributed by atoms with Crippen molar-refractivity contribution < 1.29 is 23.1 Å². The van der Waals surface area contributed by atoms with Crippen molar-refractivity contribution in [3.8, 4) is 11.5 Å². The van der Waals surface area contributed by atoms with E-state index in [1.54, 1.807) is 0 Å². The molecule has 0 aliphatic heterocycles. The number of carbonyl (C=O) groups is 1. The quantitative estimate of drug-likeness (QED) is 0.870. The fourth-order valence-corrected chi connectivity index (χ4v) is 1.80. The molecule has 1 aromatic carbocycles. The van der Waals surface area contributed by atoms with Gasteiger partial charge in [0, 0.05) is 6.07 Å². The molecular weight excluding hydrogens is 278 g/mol. The van der Waals surface area contributed by atoms with Crippen LogP contribution in [0.1, 0.15) is 5.56 Å². The number of aromatic nitrogens is 2. The lowest BCUT2D eigenvalue weighted by Crippen LogP contribution is -1.97. The molecule has 0 spiro atoms. The summed E-state index contributed by atoms with van der Waals surface area (Å²) in [4.78, 5) is 10.4. The van der Waals surface area contributed by atoms with Gasteiger partial charge in [0.15, 0.2) is 0 Å². The van der Waals surface area contributed by atoms with Crippen LogP contribution >= 0.6 is 11.8 Å². The van der Waals surface area contributed by atoms with Crippen LogP contribution in [0.15, 0.2) is 21.8 Å². The Kier molecular flexibility index (Phi) is 3.79. The Labute approximate surface area is 110 Å². The highest BCUT2D eigenvalue weighted by Gasteiger charge is 2.16. The number of halogens is 2.